The summed E-state index contributed by atoms with van der Waals surface area (Å²) >= 11 is 0. The van der Waals surface area contributed by atoms with Gasteiger partial charge in [-0.2, -0.15) is 0 Å². The fourth-order valence-corrected chi connectivity index (χ4v) is 2.75. The Morgan fingerprint density at radius 1 is 0.792 bits per heavy atom. The monoisotopic (exact) mass is 327 g/mol. The zero-order chi connectivity index (χ0) is 16.7. The molecule has 0 spiro atoms. The molecule has 0 saturated carbocycles. The van der Waals surface area contributed by atoms with Crippen molar-refractivity contribution in [1.29, 1.82) is 0 Å². The van der Waals surface area contributed by atoms with E-state index in [9.17, 15) is 13.2 Å². The number of hydrogen-bond donors (Lipinski definition) is 1. The van der Waals surface area contributed by atoms with E-state index < -0.39 is 11.6 Å². The minimum atomic E-state index is -0.598. The number of hydrogen-bond acceptors (Lipinski definition) is 2. The van der Waals surface area contributed by atoms with Gasteiger partial charge in [-0.3, -0.25) is 0 Å². The number of halogens is 3. The SMILES string of the molecule is Fc1ccc2oc3ccc(NCc4c(F)cccc4F)cc3c2c1. The quantitative estimate of drug-likeness (QED) is 0.529. The summed E-state index contributed by atoms with van der Waals surface area (Å²) in [4.78, 5) is 0. The predicted octanol–water partition coefficient (Wildman–Crippen LogP) is 5.62. The number of benzene rings is 3. The van der Waals surface area contributed by atoms with Gasteiger partial charge in [0, 0.05) is 28.6 Å². The van der Waals surface area contributed by atoms with E-state index in [0.717, 1.165) is 5.39 Å². The van der Waals surface area contributed by atoms with Gasteiger partial charge in [-0.05, 0) is 48.5 Å². The topological polar surface area (TPSA) is 25.2 Å². The van der Waals surface area contributed by atoms with Gasteiger partial charge in [0.2, 0.25) is 0 Å². The fraction of sp³-hybridized carbons (Fsp3) is 0.0526. The maximum absolute atomic E-state index is 13.7. The van der Waals surface area contributed by atoms with Gasteiger partial charge in [-0.25, -0.2) is 13.2 Å². The maximum Gasteiger partial charge on any atom is 0.135 e. The first-order valence-corrected chi connectivity index (χ1v) is 7.40. The first-order valence-electron chi connectivity index (χ1n) is 7.40. The van der Waals surface area contributed by atoms with Gasteiger partial charge in [0.15, 0.2) is 0 Å². The summed E-state index contributed by atoms with van der Waals surface area (Å²) in [5, 5.41) is 4.39. The average molecular weight is 327 g/mol. The third kappa shape index (κ3) is 2.48. The van der Waals surface area contributed by atoms with Crippen LogP contribution in [0.2, 0.25) is 0 Å². The van der Waals surface area contributed by atoms with E-state index in [1.807, 2.05) is 0 Å². The molecule has 24 heavy (non-hydrogen) atoms. The normalized spacial score (nSPS) is 11.3. The van der Waals surface area contributed by atoms with Crippen LogP contribution < -0.4 is 5.32 Å². The second-order valence-electron chi connectivity index (χ2n) is 5.51. The molecule has 0 atom stereocenters. The molecule has 0 aliphatic rings. The summed E-state index contributed by atoms with van der Waals surface area (Å²) in [6.07, 6.45) is 0. The summed E-state index contributed by atoms with van der Waals surface area (Å²) < 4.78 is 46.5. The molecule has 4 aromatic rings. The first kappa shape index (κ1) is 14.6. The standard InChI is InChI=1S/C19H12F3NO/c20-11-4-6-18-13(8-11)14-9-12(5-7-19(14)24-18)23-10-15-16(21)2-1-3-17(15)22/h1-9,23H,10H2. The Morgan fingerprint density at radius 3 is 2.21 bits per heavy atom. The highest BCUT2D eigenvalue weighted by molar-refractivity contribution is 6.05. The van der Waals surface area contributed by atoms with Crippen LogP contribution in [0.15, 0.2) is 59.0 Å². The summed E-state index contributed by atoms with van der Waals surface area (Å²) in [5.74, 6) is -1.55. The summed E-state index contributed by atoms with van der Waals surface area (Å²) in [6.45, 7) is 0.00809. The Labute approximate surface area is 135 Å². The molecule has 4 rings (SSSR count). The molecule has 0 radical (unpaired) electrons. The van der Waals surface area contributed by atoms with E-state index in [4.69, 9.17) is 4.42 Å². The van der Waals surface area contributed by atoms with Gasteiger partial charge in [-0.1, -0.05) is 6.07 Å². The van der Waals surface area contributed by atoms with E-state index >= 15 is 0 Å². The van der Waals surface area contributed by atoms with Crippen molar-refractivity contribution in [3.8, 4) is 0 Å². The van der Waals surface area contributed by atoms with Crippen LogP contribution in [0.3, 0.4) is 0 Å². The molecular weight excluding hydrogens is 315 g/mol. The number of fused-ring (bicyclic) bond motifs is 3. The van der Waals surface area contributed by atoms with Crippen molar-refractivity contribution in [1.82, 2.24) is 0 Å². The second kappa shape index (κ2) is 5.60. The molecule has 0 aliphatic carbocycles. The van der Waals surface area contributed by atoms with Gasteiger partial charge >= 0.3 is 0 Å². The minimum Gasteiger partial charge on any atom is -0.456 e. The van der Waals surface area contributed by atoms with Gasteiger partial charge in [0.1, 0.15) is 28.6 Å². The predicted molar refractivity (Wildman–Crippen MR) is 87.4 cm³/mol. The molecule has 0 fully saturated rings. The molecule has 1 heterocycles. The molecule has 120 valence electrons. The lowest BCUT2D eigenvalue weighted by Crippen LogP contribution is -2.04. The third-order valence-corrected chi connectivity index (χ3v) is 3.96. The van der Waals surface area contributed by atoms with Crippen molar-refractivity contribution >= 4 is 27.6 Å². The van der Waals surface area contributed by atoms with Crippen molar-refractivity contribution in [3.63, 3.8) is 0 Å². The van der Waals surface area contributed by atoms with E-state index in [0.29, 0.717) is 22.2 Å². The lowest BCUT2D eigenvalue weighted by molar-refractivity contribution is 0.560. The molecule has 1 N–H and O–H groups in total. The molecule has 0 amide bonds. The smallest absolute Gasteiger partial charge is 0.135 e. The molecule has 0 bridgehead atoms. The highest BCUT2D eigenvalue weighted by atomic mass is 19.1. The number of anilines is 1. The van der Waals surface area contributed by atoms with Crippen molar-refractivity contribution < 1.29 is 17.6 Å². The van der Waals surface area contributed by atoms with E-state index in [-0.39, 0.29) is 17.9 Å². The lowest BCUT2D eigenvalue weighted by atomic mass is 10.1. The van der Waals surface area contributed by atoms with E-state index in [1.54, 1.807) is 24.3 Å². The highest BCUT2D eigenvalue weighted by Gasteiger charge is 2.10. The number of rotatable bonds is 3. The Bertz CT molecular complexity index is 1040. The summed E-state index contributed by atoms with van der Waals surface area (Å²) in [7, 11) is 0. The molecule has 0 aliphatic heterocycles. The largest absolute Gasteiger partial charge is 0.456 e. The Balaban J connectivity index is 1.70. The molecular formula is C19H12F3NO. The van der Waals surface area contributed by atoms with Gasteiger partial charge in [0.05, 0.1) is 0 Å². The fourth-order valence-electron chi connectivity index (χ4n) is 2.75. The zero-order valence-corrected chi connectivity index (χ0v) is 12.4. The van der Waals surface area contributed by atoms with Crippen LogP contribution >= 0.6 is 0 Å². The highest BCUT2D eigenvalue weighted by Crippen LogP contribution is 2.31. The van der Waals surface area contributed by atoms with Gasteiger partial charge in [0.25, 0.3) is 0 Å². The van der Waals surface area contributed by atoms with Crippen LogP contribution in [0.1, 0.15) is 5.56 Å². The molecule has 3 aromatic carbocycles. The minimum absolute atomic E-state index is 0.00809. The summed E-state index contributed by atoms with van der Waals surface area (Å²) in [5.41, 5.74) is 1.85. The molecule has 1 aromatic heterocycles. The molecule has 0 saturated heterocycles. The maximum atomic E-state index is 13.7. The number of furan rings is 1. The molecule has 2 nitrogen and oxygen atoms in total. The summed E-state index contributed by atoms with van der Waals surface area (Å²) in [6, 6.07) is 13.4. The van der Waals surface area contributed by atoms with Crippen LogP contribution in [0.4, 0.5) is 18.9 Å². The van der Waals surface area contributed by atoms with Crippen molar-refractivity contribution in [2.45, 2.75) is 6.54 Å². The van der Waals surface area contributed by atoms with Crippen LogP contribution in [0, 0.1) is 17.5 Å². The molecule has 0 unspecified atom stereocenters. The van der Waals surface area contributed by atoms with E-state index in [1.165, 1.54) is 30.3 Å². The van der Waals surface area contributed by atoms with Crippen LogP contribution in [0.5, 0.6) is 0 Å². The second-order valence-corrected chi connectivity index (χ2v) is 5.51. The zero-order valence-electron chi connectivity index (χ0n) is 12.4. The van der Waals surface area contributed by atoms with Crippen molar-refractivity contribution in [2.24, 2.45) is 0 Å². The number of nitrogens with one attached hydrogen (secondary N) is 1. The average Bonchev–Trinajstić information content (AvgIpc) is 2.92. The van der Waals surface area contributed by atoms with Gasteiger partial charge < -0.3 is 9.73 Å². The Morgan fingerprint density at radius 2 is 1.46 bits per heavy atom. The van der Waals surface area contributed by atoms with Gasteiger partial charge in [-0.15, -0.1) is 0 Å². The Kier molecular flexibility index (Phi) is 3.41. The van der Waals surface area contributed by atoms with Crippen LogP contribution in [-0.4, -0.2) is 0 Å². The van der Waals surface area contributed by atoms with Crippen molar-refractivity contribution in [2.75, 3.05) is 5.32 Å². The lowest BCUT2D eigenvalue weighted by Gasteiger charge is -2.08. The third-order valence-electron chi connectivity index (χ3n) is 3.96. The van der Waals surface area contributed by atoms with E-state index in [2.05, 4.69) is 5.32 Å². The van der Waals surface area contributed by atoms with Crippen LogP contribution in [-0.2, 0) is 6.54 Å². The molecule has 5 heteroatoms. The van der Waals surface area contributed by atoms with Crippen molar-refractivity contribution in [3.05, 3.63) is 77.6 Å². The first-order chi connectivity index (χ1) is 11.6. The Hall–Kier alpha value is -2.95. The van der Waals surface area contributed by atoms with Crippen LogP contribution in [0.25, 0.3) is 21.9 Å².